The maximum Gasteiger partial charge on any atom is 0.182 e. The third-order valence-electron chi connectivity index (χ3n) is 2.92. The van der Waals surface area contributed by atoms with Gasteiger partial charge in [-0.1, -0.05) is 6.07 Å². The highest BCUT2D eigenvalue weighted by molar-refractivity contribution is 5.50. The number of rotatable bonds is 2. The summed E-state index contributed by atoms with van der Waals surface area (Å²) in [6.07, 6.45) is 0.819. The summed E-state index contributed by atoms with van der Waals surface area (Å²) in [6.45, 7) is 2.48. The zero-order chi connectivity index (χ0) is 12.3. The summed E-state index contributed by atoms with van der Waals surface area (Å²) in [5.74, 6) is -1.65. The molecule has 0 atom stereocenters. The van der Waals surface area contributed by atoms with Gasteiger partial charge in [0.05, 0.1) is 12.3 Å². The van der Waals surface area contributed by atoms with Gasteiger partial charge in [-0.2, -0.15) is 0 Å². The highest BCUT2D eigenvalue weighted by atomic mass is 19.2. The Balaban J connectivity index is 2.28. The van der Waals surface area contributed by atoms with Crippen LogP contribution >= 0.6 is 0 Å². The van der Waals surface area contributed by atoms with Crippen molar-refractivity contribution in [1.29, 1.82) is 0 Å². The zero-order valence-corrected chi connectivity index (χ0v) is 9.59. The first-order valence-electron chi connectivity index (χ1n) is 5.73. The second-order valence-corrected chi connectivity index (χ2v) is 4.03. The summed E-state index contributed by atoms with van der Waals surface area (Å²) in [5.41, 5.74) is 5.84. The molecule has 2 N–H and O–H groups in total. The lowest BCUT2D eigenvalue weighted by molar-refractivity contribution is 0.152. The van der Waals surface area contributed by atoms with Crippen LogP contribution in [-0.2, 0) is 11.3 Å². The Bertz CT molecular complexity index is 390. The molecular weight excluding hydrogens is 226 g/mol. The molecule has 0 spiro atoms. The molecule has 1 aliphatic heterocycles. The Kier molecular flexibility index (Phi) is 3.91. The zero-order valence-electron chi connectivity index (χ0n) is 9.59. The topological polar surface area (TPSA) is 38.5 Å². The van der Waals surface area contributed by atoms with Crippen LogP contribution in [0.2, 0.25) is 0 Å². The number of benzene rings is 1. The van der Waals surface area contributed by atoms with Gasteiger partial charge in [0.2, 0.25) is 0 Å². The molecule has 0 bridgehead atoms. The molecule has 1 saturated heterocycles. The molecule has 94 valence electrons. The van der Waals surface area contributed by atoms with Crippen LogP contribution in [0.4, 0.5) is 14.5 Å². The Labute approximate surface area is 99.2 Å². The Morgan fingerprint density at radius 1 is 1.18 bits per heavy atom. The summed E-state index contributed by atoms with van der Waals surface area (Å²) < 4.78 is 32.7. The summed E-state index contributed by atoms with van der Waals surface area (Å²) in [5, 5.41) is 0. The predicted octanol–water partition coefficient (Wildman–Crippen LogP) is 1.65. The molecule has 0 saturated carbocycles. The monoisotopic (exact) mass is 242 g/mol. The number of nitrogens with zero attached hydrogens (tertiary/aromatic N) is 1. The van der Waals surface area contributed by atoms with Gasteiger partial charge in [-0.25, -0.2) is 8.78 Å². The average molecular weight is 242 g/mol. The van der Waals surface area contributed by atoms with E-state index in [0.717, 1.165) is 6.42 Å². The van der Waals surface area contributed by atoms with E-state index >= 15 is 0 Å². The summed E-state index contributed by atoms with van der Waals surface area (Å²) in [7, 11) is 0. The second-order valence-electron chi connectivity index (χ2n) is 4.03. The van der Waals surface area contributed by atoms with E-state index in [9.17, 15) is 8.78 Å². The summed E-state index contributed by atoms with van der Waals surface area (Å²) >= 11 is 0. The maximum absolute atomic E-state index is 13.9. The molecule has 0 unspecified atom stereocenters. The van der Waals surface area contributed by atoms with Gasteiger partial charge in [0.15, 0.2) is 11.6 Å². The first kappa shape index (κ1) is 12.3. The van der Waals surface area contributed by atoms with Crippen molar-refractivity contribution in [3.8, 4) is 0 Å². The molecule has 3 nitrogen and oxygen atoms in total. The molecule has 1 aromatic carbocycles. The van der Waals surface area contributed by atoms with Crippen molar-refractivity contribution in [2.24, 2.45) is 5.73 Å². The standard InChI is InChI=1S/C12H16F2N2O/c13-11-9(8-15)2-3-10(12(11)14)16-4-1-6-17-7-5-16/h2-3H,1,4-8,15H2. The number of anilines is 1. The van der Waals surface area contributed by atoms with E-state index in [4.69, 9.17) is 10.5 Å². The van der Waals surface area contributed by atoms with E-state index in [2.05, 4.69) is 0 Å². The Morgan fingerprint density at radius 2 is 2.00 bits per heavy atom. The minimum Gasteiger partial charge on any atom is -0.380 e. The lowest BCUT2D eigenvalue weighted by Gasteiger charge is -2.23. The molecule has 0 amide bonds. The third-order valence-corrected chi connectivity index (χ3v) is 2.92. The average Bonchev–Trinajstić information content (AvgIpc) is 2.61. The molecular formula is C12H16F2N2O. The van der Waals surface area contributed by atoms with E-state index < -0.39 is 11.6 Å². The van der Waals surface area contributed by atoms with Crippen molar-refractivity contribution in [3.05, 3.63) is 29.3 Å². The SMILES string of the molecule is NCc1ccc(N2CCCOCC2)c(F)c1F. The first-order chi connectivity index (χ1) is 8.24. The van der Waals surface area contributed by atoms with Crippen molar-refractivity contribution in [2.75, 3.05) is 31.2 Å². The molecule has 0 aliphatic carbocycles. The van der Waals surface area contributed by atoms with Crippen LogP contribution in [0.3, 0.4) is 0 Å². The number of ether oxygens (including phenoxy) is 1. The molecule has 2 rings (SSSR count). The van der Waals surface area contributed by atoms with Gasteiger partial charge in [0.25, 0.3) is 0 Å². The molecule has 1 fully saturated rings. The summed E-state index contributed by atoms with van der Waals surface area (Å²) in [6, 6.07) is 3.13. The van der Waals surface area contributed by atoms with Crippen molar-refractivity contribution < 1.29 is 13.5 Å². The van der Waals surface area contributed by atoms with Crippen LogP contribution in [0.15, 0.2) is 12.1 Å². The number of nitrogens with two attached hydrogens (primary N) is 1. The van der Waals surface area contributed by atoms with Crippen LogP contribution < -0.4 is 10.6 Å². The molecule has 1 heterocycles. The highest BCUT2D eigenvalue weighted by Crippen LogP contribution is 2.24. The van der Waals surface area contributed by atoms with Gasteiger partial charge in [0, 0.05) is 31.8 Å². The van der Waals surface area contributed by atoms with Crippen LogP contribution in [0.1, 0.15) is 12.0 Å². The molecule has 5 heteroatoms. The lowest BCUT2D eigenvalue weighted by atomic mass is 10.1. The second kappa shape index (κ2) is 5.42. The molecule has 1 aromatic rings. The molecule has 17 heavy (non-hydrogen) atoms. The van der Waals surface area contributed by atoms with E-state index in [0.29, 0.717) is 32.0 Å². The fraction of sp³-hybridized carbons (Fsp3) is 0.500. The molecule has 0 aromatic heterocycles. The van der Waals surface area contributed by atoms with Gasteiger partial charge in [0.1, 0.15) is 0 Å². The fourth-order valence-electron chi connectivity index (χ4n) is 1.97. The van der Waals surface area contributed by atoms with Crippen molar-refractivity contribution >= 4 is 5.69 Å². The van der Waals surface area contributed by atoms with Gasteiger partial charge >= 0.3 is 0 Å². The fourth-order valence-corrected chi connectivity index (χ4v) is 1.97. The highest BCUT2D eigenvalue weighted by Gasteiger charge is 2.18. The van der Waals surface area contributed by atoms with Crippen LogP contribution in [0.25, 0.3) is 0 Å². The maximum atomic E-state index is 13.9. The first-order valence-corrected chi connectivity index (χ1v) is 5.73. The molecule has 1 aliphatic rings. The van der Waals surface area contributed by atoms with E-state index in [1.165, 1.54) is 0 Å². The predicted molar refractivity (Wildman–Crippen MR) is 61.9 cm³/mol. The number of hydrogen-bond donors (Lipinski definition) is 1. The van der Waals surface area contributed by atoms with Gasteiger partial charge < -0.3 is 15.4 Å². The minimum atomic E-state index is -0.838. The van der Waals surface area contributed by atoms with Gasteiger partial charge in [-0.15, -0.1) is 0 Å². The quantitative estimate of drug-likeness (QED) is 0.857. The smallest absolute Gasteiger partial charge is 0.182 e. The third kappa shape index (κ3) is 2.56. The molecule has 0 radical (unpaired) electrons. The Morgan fingerprint density at radius 3 is 2.76 bits per heavy atom. The summed E-state index contributed by atoms with van der Waals surface area (Å²) in [4.78, 5) is 1.81. The van der Waals surface area contributed by atoms with Gasteiger partial charge in [-0.05, 0) is 12.5 Å². The van der Waals surface area contributed by atoms with Crippen molar-refractivity contribution in [3.63, 3.8) is 0 Å². The number of hydrogen-bond acceptors (Lipinski definition) is 3. The van der Waals surface area contributed by atoms with Crippen molar-refractivity contribution in [2.45, 2.75) is 13.0 Å². The van der Waals surface area contributed by atoms with Gasteiger partial charge in [-0.3, -0.25) is 0 Å². The Hall–Kier alpha value is -1.20. The van der Waals surface area contributed by atoms with Crippen molar-refractivity contribution in [1.82, 2.24) is 0 Å². The van der Waals surface area contributed by atoms with E-state index in [1.807, 2.05) is 4.90 Å². The lowest BCUT2D eigenvalue weighted by Crippen LogP contribution is -2.27. The van der Waals surface area contributed by atoms with Crippen LogP contribution in [-0.4, -0.2) is 26.3 Å². The number of halogens is 2. The minimum absolute atomic E-state index is 0.00610. The van der Waals surface area contributed by atoms with Crippen LogP contribution in [0.5, 0.6) is 0 Å². The largest absolute Gasteiger partial charge is 0.380 e. The van der Waals surface area contributed by atoms with E-state index in [-0.39, 0.29) is 12.1 Å². The van der Waals surface area contributed by atoms with Crippen LogP contribution in [0, 0.1) is 11.6 Å². The normalized spacial score (nSPS) is 17.0. The van der Waals surface area contributed by atoms with E-state index in [1.54, 1.807) is 12.1 Å².